The standard InChI is InChI=1S/C23H22N2O3S/c1-17-11-13-20(14-12-17)24-23(26)22-15-18-7-5-6-8-19(18)16-25(22)29(27,28)21-9-3-2-4-10-21/h2-14,22H,15-16H2,1H3,(H,24,26)/t22-/m0/s1. The Morgan fingerprint density at radius 1 is 0.897 bits per heavy atom. The zero-order valence-corrected chi connectivity index (χ0v) is 16.9. The summed E-state index contributed by atoms with van der Waals surface area (Å²) in [6.07, 6.45) is 0.333. The molecule has 0 saturated heterocycles. The predicted molar refractivity (Wildman–Crippen MR) is 113 cm³/mol. The maximum Gasteiger partial charge on any atom is 0.244 e. The number of hydrogen-bond acceptors (Lipinski definition) is 3. The number of aryl methyl sites for hydroxylation is 1. The largest absolute Gasteiger partial charge is 0.325 e. The van der Waals surface area contributed by atoms with Crippen molar-refractivity contribution < 1.29 is 13.2 Å². The predicted octanol–water partition coefficient (Wildman–Crippen LogP) is 3.75. The molecular weight excluding hydrogens is 384 g/mol. The topological polar surface area (TPSA) is 66.5 Å². The van der Waals surface area contributed by atoms with E-state index in [1.807, 2.05) is 55.5 Å². The van der Waals surface area contributed by atoms with Crippen LogP contribution in [0.1, 0.15) is 16.7 Å². The molecule has 3 aromatic rings. The van der Waals surface area contributed by atoms with Gasteiger partial charge >= 0.3 is 0 Å². The van der Waals surface area contributed by atoms with E-state index in [4.69, 9.17) is 0 Å². The van der Waals surface area contributed by atoms with Crippen LogP contribution in [0.25, 0.3) is 0 Å². The third-order valence-electron chi connectivity index (χ3n) is 5.18. The van der Waals surface area contributed by atoms with Crippen LogP contribution in [0.4, 0.5) is 5.69 Å². The molecule has 1 heterocycles. The van der Waals surface area contributed by atoms with Crippen LogP contribution in [0, 0.1) is 6.92 Å². The molecule has 1 N–H and O–H groups in total. The maximum atomic E-state index is 13.4. The zero-order chi connectivity index (χ0) is 20.4. The van der Waals surface area contributed by atoms with Crippen molar-refractivity contribution in [2.45, 2.75) is 30.8 Å². The van der Waals surface area contributed by atoms with Crippen LogP contribution in [-0.4, -0.2) is 24.7 Å². The molecule has 1 amide bonds. The summed E-state index contributed by atoms with van der Waals surface area (Å²) in [4.78, 5) is 13.3. The van der Waals surface area contributed by atoms with Crippen molar-refractivity contribution >= 4 is 21.6 Å². The fourth-order valence-corrected chi connectivity index (χ4v) is 5.15. The summed E-state index contributed by atoms with van der Waals surface area (Å²) < 4.78 is 28.0. The van der Waals surface area contributed by atoms with Crippen LogP contribution >= 0.6 is 0 Å². The normalized spacial score (nSPS) is 16.8. The van der Waals surface area contributed by atoms with Gasteiger partial charge in [0.15, 0.2) is 0 Å². The fraction of sp³-hybridized carbons (Fsp3) is 0.174. The molecule has 3 aromatic carbocycles. The van der Waals surface area contributed by atoms with Crippen LogP contribution < -0.4 is 5.32 Å². The van der Waals surface area contributed by atoms with Crippen LogP contribution in [0.2, 0.25) is 0 Å². The zero-order valence-electron chi connectivity index (χ0n) is 16.1. The number of benzene rings is 3. The van der Waals surface area contributed by atoms with Gasteiger partial charge in [-0.2, -0.15) is 4.31 Å². The van der Waals surface area contributed by atoms with E-state index >= 15 is 0 Å². The van der Waals surface area contributed by atoms with Gasteiger partial charge in [-0.05, 0) is 48.7 Å². The third kappa shape index (κ3) is 3.95. The van der Waals surface area contributed by atoms with Gasteiger partial charge in [0.2, 0.25) is 15.9 Å². The Hall–Kier alpha value is -2.96. The van der Waals surface area contributed by atoms with Crippen molar-refractivity contribution in [2.75, 3.05) is 5.32 Å². The summed E-state index contributed by atoms with van der Waals surface area (Å²) in [5.74, 6) is -0.331. The lowest BCUT2D eigenvalue weighted by Crippen LogP contribution is -2.50. The number of fused-ring (bicyclic) bond motifs is 1. The van der Waals surface area contributed by atoms with Gasteiger partial charge in [-0.25, -0.2) is 8.42 Å². The van der Waals surface area contributed by atoms with Crippen LogP contribution in [0.15, 0.2) is 83.8 Å². The van der Waals surface area contributed by atoms with Gasteiger partial charge in [0.05, 0.1) is 4.90 Å². The highest BCUT2D eigenvalue weighted by Crippen LogP contribution is 2.29. The Balaban J connectivity index is 1.70. The Kier molecular flexibility index (Phi) is 5.22. The average Bonchev–Trinajstić information content (AvgIpc) is 2.75. The first-order chi connectivity index (χ1) is 13.9. The molecule has 0 bridgehead atoms. The molecule has 0 saturated carbocycles. The Morgan fingerprint density at radius 2 is 1.52 bits per heavy atom. The first-order valence-electron chi connectivity index (χ1n) is 9.46. The quantitative estimate of drug-likeness (QED) is 0.718. The third-order valence-corrected chi connectivity index (χ3v) is 7.05. The first kappa shape index (κ1) is 19.4. The smallest absolute Gasteiger partial charge is 0.244 e. The van der Waals surface area contributed by atoms with Gasteiger partial charge in [-0.15, -0.1) is 0 Å². The SMILES string of the molecule is Cc1ccc(NC(=O)[C@@H]2Cc3ccccc3CN2S(=O)(=O)c2ccccc2)cc1. The molecule has 1 aliphatic heterocycles. The van der Waals surface area contributed by atoms with Crippen molar-refractivity contribution in [1.29, 1.82) is 0 Å². The minimum Gasteiger partial charge on any atom is -0.325 e. The van der Waals surface area contributed by atoms with Gasteiger partial charge in [0.1, 0.15) is 6.04 Å². The highest BCUT2D eigenvalue weighted by molar-refractivity contribution is 7.89. The maximum absolute atomic E-state index is 13.4. The minimum atomic E-state index is -3.83. The number of nitrogens with zero attached hydrogens (tertiary/aromatic N) is 1. The van der Waals surface area contributed by atoms with Crippen molar-refractivity contribution in [3.05, 3.63) is 95.6 Å². The van der Waals surface area contributed by atoms with E-state index in [1.54, 1.807) is 30.3 Å². The molecule has 0 radical (unpaired) electrons. The molecule has 0 spiro atoms. The number of nitrogens with one attached hydrogen (secondary N) is 1. The van der Waals surface area contributed by atoms with Crippen LogP contribution in [-0.2, 0) is 27.8 Å². The average molecular weight is 407 g/mol. The minimum absolute atomic E-state index is 0.166. The molecular formula is C23H22N2O3S. The number of anilines is 1. The van der Waals surface area contributed by atoms with Crippen LogP contribution in [0.3, 0.4) is 0 Å². The monoisotopic (exact) mass is 406 g/mol. The van der Waals surface area contributed by atoms with Gasteiger partial charge in [-0.3, -0.25) is 4.79 Å². The summed E-state index contributed by atoms with van der Waals surface area (Å²) in [6, 6.07) is 22.6. The molecule has 1 atom stereocenters. The second-order valence-electron chi connectivity index (χ2n) is 7.21. The van der Waals surface area contributed by atoms with Crippen molar-refractivity contribution in [3.8, 4) is 0 Å². The summed E-state index contributed by atoms with van der Waals surface area (Å²) in [7, 11) is -3.83. The molecule has 29 heavy (non-hydrogen) atoms. The molecule has 0 aromatic heterocycles. The van der Waals surface area contributed by atoms with Gasteiger partial charge in [0.25, 0.3) is 0 Å². The number of rotatable bonds is 4. The second kappa shape index (κ2) is 7.81. The summed E-state index contributed by atoms with van der Waals surface area (Å²) in [5, 5.41) is 2.88. The Morgan fingerprint density at radius 3 is 2.21 bits per heavy atom. The van der Waals surface area contributed by atoms with E-state index in [-0.39, 0.29) is 17.3 Å². The summed E-state index contributed by atoms with van der Waals surface area (Å²) in [5.41, 5.74) is 3.65. The number of carbonyl (C=O) groups is 1. The highest BCUT2D eigenvalue weighted by atomic mass is 32.2. The molecule has 5 nitrogen and oxygen atoms in total. The highest BCUT2D eigenvalue weighted by Gasteiger charge is 2.39. The Bertz CT molecular complexity index is 1130. The van der Waals surface area contributed by atoms with E-state index in [2.05, 4.69) is 5.32 Å². The van der Waals surface area contributed by atoms with E-state index in [0.717, 1.165) is 16.7 Å². The van der Waals surface area contributed by atoms with Crippen LogP contribution in [0.5, 0.6) is 0 Å². The van der Waals surface area contributed by atoms with Gasteiger partial charge < -0.3 is 5.32 Å². The summed E-state index contributed by atoms with van der Waals surface area (Å²) >= 11 is 0. The Labute approximate surface area is 171 Å². The van der Waals surface area contributed by atoms with Gasteiger partial charge in [-0.1, -0.05) is 60.2 Å². The molecule has 6 heteroatoms. The molecule has 0 unspecified atom stereocenters. The number of amides is 1. The fourth-order valence-electron chi connectivity index (χ4n) is 3.57. The molecule has 4 rings (SSSR count). The van der Waals surface area contributed by atoms with E-state index in [0.29, 0.717) is 12.1 Å². The number of hydrogen-bond donors (Lipinski definition) is 1. The van der Waals surface area contributed by atoms with Crippen molar-refractivity contribution in [3.63, 3.8) is 0 Å². The second-order valence-corrected chi connectivity index (χ2v) is 9.10. The van der Waals surface area contributed by atoms with E-state index in [1.165, 1.54) is 4.31 Å². The lowest BCUT2D eigenvalue weighted by atomic mass is 9.95. The van der Waals surface area contributed by atoms with Crippen molar-refractivity contribution in [1.82, 2.24) is 4.31 Å². The van der Waals surface area contributed by atoms with Crippen molar-refractivity contribution in [2.24, 2.45) is 0 Å². The first-order valence-corrected chi connectivity index (χ1v) is 10.9. The molecule has 0 fully saturated rings. The lowest BCUT2D eigenvalue weighted by Gasteiger charge is -2.35. The lowest BCUT2D eigenvalue weighted by molar-refractivity contribution is -0.120. The van der Waals surface area contributed by atoms with E-state index < -0.39 is 16.1 Å². The summed E-state index contributed by atoms with van der Waals surface area (Å²) in [6.45, 7) is 2.14. The van der Waals surface area contributed by atoms with E-state index in [9.17, 15) is 13.2 Å². The van der Waals surface area contributed by atoms with Gasteiger partial charge in [0, 0.05) is 12.2 Å². The molecule has 148 valence electrons. The molecule has 0 aliphatic carbocycles. The molecule has 1 aliphatic rings. The number of sulfonamides is 1. The number of carbonyl (C=O) groups excluding carboxylic acids is 1.